The smallest absolute Gasteiger partial charge is 0.338 e. The number of carbonyl (C=O) groups excluding carboxylic acids is 3. The predicted octanol–water partition coefficient (Wildman–Crippen LogP) is 2.69. The van der Waals surface area contributed by atoms with Crippen LogP contribution in [0.5, 0.6) is 5.75 Å². The number of anilines is 2. The highest BCUT2D eigenvalue weighted by Crippen LogP contribution is 2.34. The van der Waals surface area contributed by atoms with E-state index in [1.807, 2.05) is 0 Å². The number of rotatable bonds is 7. The van der Waals surface area contributed by atoms with E-state index in [1.165, 1.54) is 31.2 Å². The third kappa shape index (κ3) is 5.08. The molecule has 2 N–H and O–H groups in total. The number of hydrogen-bond donors (Lipinski definition) is 2. The van der Waals surface area contributed by atoms with E-state index in [2.05, 4.69) is 10.6 Å². The Labute approximate surface area is 186 Å². The average Bonchev–Trinajstić information content (AvgIpc) is 2.73. The van der Waals surface area contributed by atoms with Gasteiger partial charge in [0.1, 0.15) is 5.75 Å². The third-order valence-electron chi connectivity index (χ3n) is 4.90. The van der Waals surface area contributed by atoms with Crippen molar-refractivity contribution in [3.63, 3.8) is 0 Å². The molecule has 0 saturated carbocycles. The molecule has 3 rings (SSSR count). The molecule has 0 fully saturated rings. The predicted molar refractivity (Wildman–Crippen MR) is 118 cm³/mol. The van der Waals surface area contributed by atoms with Crippen LogP contribution in [0.2, 0.25) is 0 Å². The summed E-state index contributed by atoms with van der Waals surface area (Å²) in [5.41, 5.74) is 1.63. The van der Waals surface area contributed by atoms with Crippen LogP contribution in [0.15, 0.2) is 41.3 Å². The summed E-state index contributed by atoms with van der Waals surface area (Å²) in [5.74, 6) is -0.988. The van der Waals surface area contributed by atoms with Crippen molar-refractivity contribution < 1.29 is 32.3 Å². The molecule has 9 nitrogen and oxygen atoms in total. The number of hydrogen-bond acceptors (Lipinski definition) is 7. The molecule has 1 atom stereocenters. The van der Waals surface area contributed by atoms with Gasteiger partial charge in [-0.3, -0.25) is 9.59 Å². The summed E-state index contributed by atoms with van der Waals surface area (Å²) in [6.07, 6.45) is -0.268. The van der Waals surface area contributed by atoms with E-state index >= 15 is 0 Å². The Bertz CT molecular complexity index is 1160. The average molecular weight is 461 g/mol. The standard InChI is InChI=1S/C22H24N2O7S/c1-4-30-22(27)15-5-7-16(8-6-15)23-20(25)10-14(3)32(28,29)19-11-18-17(9-13(19)2)24-21(26)12-31-18/h5-9,11,14H,4,10,12H2,1-3H3,(H,23,25)(H,24,26)/t14-/m1/s1. The van der Waals surface area contributed by atoms with E-state index in [0.717, 1.165) is 0 Å². The zero-order valence-corrected chi connectivity index (χ0v) is 18.7. The van der Waals surface area contributed by atoms with E-state index in [9.17, 15) is 22.8 Å². The molecule has 32 heavy (non-hydrogen) atoms. The van der Waals surface area contributed by atoms with Crippen LogP contribution in [-0.2, 0) is 24.2 Å². The summed E-state index contributed by atoms with van der Waals surface area (Å²) in [5, 5.41) is 4.27. The van der Waals surface area contributed by atoms with Gasteiger partial charge in [0, 0.05) is 18.2 Å². The van der Waals surface area contributed by atoms with Gasteiger partial charge in [0.2, 0.25) is 5.91 Å². The monoisotopic (exact) mass is 460 g/mol. The zero-order valence-electron chi connectivity index (χ0n) is 17.9. The van der Waals surface area contributed by atoms with Gasteiger partial charge in [-0.25, -0.2) is 13.2 Å². The first-order valence-electron chi connectivity index (χ1n) is 10.00. The molecule has 0 unspecified atom stereocenters. The van der Waals surface area contributed by atoms with Gasteiger partial charge in [0.15, 0.2) is 16.4 Å². The highest BCUT2D eigenvalue weighted by molar-refractivity contribution is 7.92. The van der Waals surface area contributed by atoms with Crippen molar-refractivity contribution in [3.8, 4) is 5.75 Å². The molecule has 0 aromatic heterocycles. The minimum Gasteiger partial charge on any atom is -0.482 e. The Morgan fingerprint density at radius 1 is 1.22 bits per heavy atom. The number of aryl methyl sites for hydroxylation is 1. The molecule has 0 aliphatic carbocycles. The Hall–Kier alpha value is -3.40. The third-order valence-corrected chi connectivity index (χ3v) is 7.18. The van der Waals surface area contributed by atoms with Crippen molar-refractivity contribution >= 4 is 39.0 Å². The van der Waals surface area contributed by atoms with Crippen molar-refractivity contribution in [3.05, 3.63) is 47.5 Å². The number of benzene rings is 2. The quantitative estimate of drug-likeness (QED) is 0.608. The highest BCUT2D eigenvalue weighted by Gasteiger charge is 2.29. The molecule has 0 bridgehead atoms. The molecule has 1 aliphatic heterocycles. The fraction of sp³-hybridized carbons (Fsp3) is 0.318. The lowest BCUT2D eigenvalue weighted by molar-refractivity contribution is -0.118. The highest BCUT2D eigenvalue weighted by atomic mass is 32.2. The van der Waals surface area contributed by atoms with Crippen LogP contribution in [0.25, 0.3) is 0 Å². The Balaban J connectivity index is 1.69. The summed E-state index contributed by atoms with van der Waals surface area (Å²) < 4.78 is 36.4. The molecule has 2 aromatic carbocycles. The second kappa shape index (κ2) is 9.39. The molecule has 10 heteroatoms. The van der Waals surface area contributed by atoms with Crippen molar-refractivity contribution in [2.45, 2.75) is 37.3 Å². The van der Waals surface area contributed by atoms with E-state index in [-0.39, 0.29) is 36.2 Å². The Morgan fingerprint density at radius 3 is 2.56 bits per heavy atom. The molecule has 0 spiro atoms. The van der Waals surface area contributed by atoms with Crippen LogP contribution in [0, 0.1) is 6.92 Å². The van der Waals surface area contributed by atoms with Gasteiger partial charge in [0.05, 0.1) is 28.0 Å². The number of nitrogens with one attached hydrogen (secondary N) is 2. The van der Waals surface area contributed by atoms with Gasteiger partial charge in [-0.2, -0.15) is 0 Å². The van der Waals surface area contributed by atoms with Crippen LogP contribution in [-0.4, -0.2) is 44.7 Å². The van der Waals surface area contributed by atoms with Crippen LogP contribution in [0.3, 0.4) is 0 Å². The molecule has 2 aromatic rings. The number of esters is 1. The molecule has 170 valence electrons. The van der Waals surface area contributed by atoms with Gasteiger partial charge in [0.25, 0.3) is 5.91 Å². The number of carbonyl (C=O) groups is 3. The van der Waals surface area contributed by atoms with Crippen LogP contribution in [0.1, 0.15) is 36.2 Å². The summed E-state index contributed by atoms with van der Waals surface area (Å²) in [4.78, 5) is 35.6. The number of ether oxygens (including phenoxy) is 2. The second-order valence-corrected chi connectivity index (χ2v) is 9.69. The molecular weight excluding hydrogens is 436 g/mol. The number of amides is 2. The second-order valence-electron chi connectivity index (χ2n) is 7.36. The van der Waals surface area contributed by atoms with Crippen LogP contribution >= 0.6 is 0 Å². The van der Waals surface area contributed by atoms with Gasteiger partial charge in [-0.1, -0.05) is 0 Å². The molecule has 0 radical (unpaired) electrons. The van der Waals surface area contributed by atoms with E-state index in [1.54, 1.807) is 26.0 Å². The van der Waals surface area contributed by atoms with Gasteiger partial charge < -0.3 is 20.1 Å². The van der Waals surface area contributed by atoms with Crippen molar-refractivity contribution in [2.75, 3.05) is 23.8 Å². The zero-order chi connectivity index (χ0) is 23.5. The minimum atomic E-state index is -3.84. The van der Waals surface area contributed by atoms with E-state index in [0.29, 0.717) is 22.5 Å². The van der Waals surface area contributed by atoms with Gasteiger partial charge >= 0.3 is 5.97 Å². The fourth-order valence-electron chi connectivity index (χ4n) is 3.23. The lowest BCUT2D eigenvalue weighted by atomic mass is 10.2. The maximum absolute atomic E-state index is 13.1. The summed E-state index contributed by atoms with van der Waals surface area (Å²) >= 11 is 0. The first kappa shape index (κ1) is 23.3. The van der Waals surface area contributed by atoms with Crippen molar-refractivity contribution in [2.24, 2.45) is 0 Å². The first-order chi connectivity index (χ1) is 15.1. The molecule has 1 heterocycles. The van der Waals surface area contributed by atoms with Gasteiger partial charge in [-0.05, 0) is 56.7 Å². The van der Waals surface area contributed by atoms with Crippen molar-refractivity contribution in [1.29, 1.82) is 0 Å². The number of sulfone groups is 1. The van der Waals surface area contributed by atoms with E-state index in [4.69, 9.17) is 9.47 Å². The maximum atomic E-state index is 13.1. The fourth-order valence-corrected chi connectivity index (χ4v) is 4.81. The Kier molecular flexibility index (Phi) is 6.83. The van der Waals surface area contributed by atoms with Gasteiger partial charge in [-0.15, -0.1) is 0 Å². The Morgan fingerprint density at radius 2 is 1.91 bits per heavy atom. The summed E-state index contributed by atoms with van der Waals surface area (Å²) in [6.45, 7) is 4.85. The molecule has 0 saturated heterocycles. The molecule has 1 aliphatic rings. The largest absolute Gasteiger partial charge is 0.482 e. The van der Waals surface area contributed by atoms with Crippen LogP contribution < -0.4 is 15.4 Å². The topological polar surface area (TPSA) is 128 Å². The van der Waals surface area contributed by atoms with Crippen LogP contribution in [0.4, 0.5) is 11.4 Å². The molecular formula is C22H24N2O7S. The lowest BCUT2D eigenvalue weighted by Crippen LogP contribution is -2.27. The minimum absolute atomic E-state index is 0.0477. The number of fused-ring (bicyclic) bond motifs is 1. The normalized spacial score (nSPS) is 13.9. The first-order valence-corrected chi connectivity index (χ1v) is 11.5. The maximum Gasteiger partial charge on any atom is 0.338 e. The SMILES string of the molecule is CCOC(=O)c1ccc(NC(=O)C[C@@H](C)S(=O)(=O)c2cc3c(cc2C)NC(=O)CO3)cc1. The van der Waals surface area contributed by atoms with E-state index < -0.39 is 27.0 Å². The lowest BCUT2D eigenvalue weighted by Gasteiger charge is -2.21. The summed E-state index contributed by atoms with van der Waals surface area (Å²) in [6, 6.07) is 9.04. The van der Waals surface area contributed by atoms with Crippen molar-refractivity contribution in [1.82, 2.24) is 0 Å². The summed E-state index contributed by atoms with van der Waals surface area (Å²) in [7, 11) is -3.84. The molecule has 2 amide bonds.